The average Bonchev–Trinajstić information content (AvgIpc) is 3.09. The summed E-state index contributed by atoms with van der Waals surface area (Å²) in [6.07, 6.45) is 3.78. The smallest absolute Gasteiger partial charge is 0.312 e. The summed E-state index contributed by atoms with van der Waals surface area (Å²) < 4.78 is 0. The van der Waals surface area contributed by atoms with E-state index >= 15 is 0 Å². The maximum Gasteiger partial charge on any atom is 0.312 e. The van der Waals surface area contributed by atoms with Crippen molar-refractivity contribution >= 4 is 17.6 Å². The number of amides is 2. The van der Waals surface area contributed by atoms with Crippen molar-refractivity contribution in [1.82, 2.24) is 14.8 Å². The van der Waals surface area contributed by atoms with E-state index in [4.69, 9.17) is 0 Å². The lowest BCUT2D eigenvalue weighted by Crippen LogP contribution is -2.53. The normalized spacial score (nSPS) is 19.0. The van der Waals surface area contributed by atoms with E-state index in [0.717, 1.165) is 44.8 Å². The summed E-state index contributed by atoms with van der Waals surface area (Å²) >= 11 is 0. The molecule has 2 aliphatic heterocycles. The zero-order chi connectivity index (χ0) is 14.7. The number of pyridine rings is 1. The van der Waals surface area contributed by atoms with Crippen LogP contribution in [0.1, 0.15) is 12.8 Å². The maximum atomic E-state index is 12.2. The molecule has 1 aromatic rings. The molecule has 0 aliphatic carbocycles. The number of likely N-dealkylation sites (tertiary alicyclic amines) is 1. The van der Waals surface area contributed by atoms with Crippen molar-refractivity contribution in [2.45, 2.75) is 12.8 Å². The third-order valence-corrected chi connectivity index (χ3v) is 4.12. The van der Waals surface area contributed by atoms with Crippen molar-refractivity contribution in [3.05, 3.63) is 24.4 Å². The molecule has 3 heterocycles. The summed E-state index contributed by atoms with van der Waals surface area (Å²) in [7, 11) is 0. The summed E-state index contributed by atoms with van der Waals surface area (Å²) in [5.74, 6) is 0.242. The second-order valence-corrected chi connectivity index (χ2v) is 5.47. The predicted octanol–water partition coefficient (Wildman–Crippen LogP) is 0.353. The molecule has 0 atom stereocenters. The van der Waals surface area contributed by atoms with E-state index in [1.807, 2.05) is 18.2 Å². The van der Waals surface area contributed by atoms with Gasteiger partial charge in [0.2, 0.25) is 0 Å². The Bertz CT molecular complexity index is 506. The van der Waals surface area contributed by atoms with E-state index < -0.39 is 0 Å². The van der Waals surface area contributed by atoms with Crippen LogP contribution in [0.15, 0.2) is 24.4 Å². The van der Waals surface area contributed by atoms with E-state index in [9.17, 15) is 9.59 Å². The van der Waals surface area contributed by atoms with E-state index in [-0.39, 0.29) is 11.8 Å². The molecule has 0 spiro atoms. The van der Waals surface area contributed by atoms with Crippen LogP contribution in [0.25, 0.3) is 0 Å². The zero-order valence-corrected chi connectivity index (χ0v) is 12.1. The molecule has 3 rings (SSSR count). The first kappa shape index (κ1) is 13.9. The fourth-order valence-electron chi connectivity index (χ4n) is 2.87. The number of nitrogens with zero attached hydrogens (tertiary/aromatic N) is 4. The first-order valence-electron chi connectivity index (χ1n) is 7.50. The minimum atomic E-state index is -0.349. The van der Waals surface area contributed by atoms with Gasteiger partial charge in [0.1, 0.15) is 5.82 Å². The molecule has 6 nitrogen and oxygen atoms in total. The van der Waals surface area contributed by atoms with E-state index in [1.54, 1.807) is 16.0 Å². The van der Waals surface area contributed by atoms with Gasteiger partial charge >= 0.3 is 11.8 Å². The Labute approximate surface area is 124 Å². The lowest BCUT2D eigenvalue weighted by Gasteiger charge is -2.35. The number of aromatic nitrogens is 1. The predicted molar refractivity (Wildman–Crippen MR) is 78.8 cm³/mol. The molecular formula is C15H20N4O2. The highest BCUT2D eigenvalue weighted by Crippen LogP contribution is 2.14. The molecule has 1 aromatic heterocycles. The SMILES string of the molecule is O=C(C(=O)N1CCN(c2ccccn2)CC1)N1CCCC1. The molecule has 2 saturated heterocycles. The van der Waals surface area contributed by atoms with E-state index in [0.29, 0.717) is 13.1 Å². The largest absolute Gasteiger partial charge is 0.353 e. The molecule has 0 unspecified atom stereocenters. The van der Waals surface area contributed by atoms with Gasteiger partial charge in [-0.15, -0.1) is 0 Å². The van der Waals surface area contributed by atoms with Gasteiger partial charge in [-0.25, -0.2) is 4.98 Å². The highest BCUT2D eigenvalue weighted by atomic mass is 16.2. The van der Waals surface area contributed by atoms with Crippen LogP contribution in [0, 0.1) is 0 Å². The van der Waals surface area contributed by atoms with Crippen molar-refractivity contribution < 1.29 is 9.59 Å². The molecule has 0 bridgehead atoms. The number of piperazine rings is 1. The van der Waals surface area contributed by atoms with Gasteiger partial charge in [-0.2, -0.15) is 0 Å². The van der Waals surface area contributed by atoms with Gasteiger partial charge in [0, 0.05) is 45.5 Å². The standard InChI is InChI=1S/C15H20N4O2/c20-14(18-7-3-4-8-18)15(21)19-11-9-17(10-12-19)13-5-1-2-6-16-13/h1-2,5-6H,3-4,7-12H2. The summed E-state index contributed by atoms with van der Waals surface area (Å²) in [5.41, 5.74) is 0. The van der Waals surface area contributed by atoms with Gasteiger partial charge in [-0.3, -0.25) is 9.59 Å². The van der Waals surface area contributed by atoms with Crippen molar-refractivity contribution in [1.29, 1.82) is 0 Å². The second-order valence-electron chi connectivity index (χ2n) is 5.47. The lowest BCUT2D eigenvalue weighted by atomic mass is 10.3. The fraction of sp³-hybridized carbons (Fsp3) is 0.533. The highest BCUT2D eigenvalue weighted by molar-refractivity contribution is 6.35. The third-order valence-electron chi connectivity index (χ3n) is 4.12. The van der Waals surface area contributed by atoms with Crippen molar-refractivity contribution in [3.8, 4) is 0 Å². The van der Waals surface area contributed by atoms with Gasteiger partial charge in [0.05, 0.1) is 0 Å². The van der Waals surface area contributed by atoms with Crippen LogP contribution in [-0.4, -0.2) is 65.9 Å². The van der Waals surface area contributed by atoms with Crippen LogP contribution in [0.5, 0.6) is 0 Å². The Morgan fingerprint density at radius 1 is 0.857 bits per heavy atom. The molecule has 0 radical (unpaired) electrons. The minimum absolute atomic E-state index is 0.334. The zero-order valence-electron chi connectivity index (χ0n) is 12.1. The van der Waals surface area contributed by atoms with Gasteiger partial charge in [0.15, 0.2) is 0 Å². The highest BCUT2D eigenvalue weighted by Gasteiger charge is 2.30. The Balaban J connectivity index is 1.55. The van der Waals surface area contributed by atoms with Gasteiger partial charge in [-0.1, -0.05) is 6.07 Å². The molecule has 112 valence electrons. The van der Waals surface area contributed by atoms with Crippen LogP contribution in [0.2, 0.25) is 0 Å². The summed E-state index contributed by atoms with van der Waals surface area (Å²) in [5, 5.41) is 0. The van der Waals surface area contributed by atoms with Crippen LogP contribution >= 0.6 is 0 Å². The number of carbonyl (C=O) groups excluding carboxylic acids is 2. The molecule has 6 heteroatoms. The molecule has 2 fully saturated rings. The van der Waals surface area contributed by atoms with Crippen molar-refractivity contribution in [2.24, 2.45) is 0 Å². The summed E-state index contributed by atoms with van der Waals surface area (Å²) in [6, 6.07) is 5.81. The molecule has 0 aromatic carbocycles. The molecule has 21 heavy (non-hydrogen) atoms. The number of anilines is 1. The van der Waals surface area contributed by atoms with Crippen molar-refractivity contribution in [2.75, 3.05) is 44.2 Å². The Hall–Kier alpha value is -2.11. The number of rotatable bonds is 1. The third kappa shape index (κ3) is 2.99. The Morgan fingerprint density at radius 3 is 2.05 bits per heavy atom. The van der Waals surface area contributed by atoms with Crippen LogP contribution in [0.3, 0.4) is 0 Å². The van der Waals surface area contributed by atoms with Crippen LogP contribution < -0.4 is 4.90 Å². The summed E-state index contributed by atoms with van der Waals surface area (Å²) in [6.45, 7) is 4.03. The molecule has 2 amide bonds. The first-order chi connectivity index (χ1) is 10.3. The second kappa shape index (κ2) is 6.11. The first-order valence-corrected chi connectivity index (χ1v) is 7.50. The number of hydrogen-bond acceptors (Lipinski definition) is 4. The molecule has 0 saturated carbocycles. The van der Waals surface area contributed by atoms with Crippen molar-refractivity contribution in [3.63, 3.8) is 0 Å². The Kier molecular flexibility index (Phi) is 4.03. The maximum absolute atomic E-state index is 12.2. The number of hydrogen-bond donors (Lipinski definition) is 0. The van der Waals surface area contributed by atoms with Gasteiger partial charge in [-0.05, 0) is 25.0 Å². The van der Waals surface area contributed by atoms with Gasteiger partial charge in [0.25, 0.3) is 0 Å². The Morgan fingerprint density at radius 2 is 1.48 bits per heavy atom. The number of carbonyl (C=O) groups is 2. The average molecular weight is 288 g/mol. The monoisotopic (exact) mass is 288 g/mol. The van der Waals surface area contributed by atoms with Crippen LogP contribution in [0.4, 0.5) is 5.82 Å². The quantitative estimate of drug-likeness (QED) is 0.700. The van der Waals surface area contributed by atoms with E-state index in [1.165, 1.54) is 0 Å². The lowest BCUT2D eigenvalue weighted by molar-refractivity contribution is -0.151. The topological polar surface area (TPSA) is 56.8 Å². The minimum Gasteiger partial charge on any atom is -0.353 e. The van der Waals surface area contributed by atoms with Crippen LogP contribution in [-0.2, 0) is 9.59 Å². The van der Waals surface area contributed by atoms with E-state index in [2.05, 4.69) is 9.88 Å². The van der Waals surface area contributed by atoms with Gasteiger partial charge < -0.3 is 14.7 Å². The molecule has 2 aliphatic rings. The summed E-state index contributed by atoms with van der Waals surface area (Å²) in [4.78, 5) is 34.1. The fourth-order valence-corrected chi connectivity index (χ4v) is 2.87. The molecular weight excluding hydrogens is 268 g/mol. The molecule has 0 N–H and O–H groups in total.